The van der Waals surface area contributed by atoms with Gasteiger partial charge in [-0.15, -0.1) is 11.6 Å². The van der Waals surface area contributed by atoms with E-state index in [0.717, 1.165) is 5.56 Å². The van der Waals surface area contributed by atoms with Crippen LogP contribution in [0.2, 0.25) is 5.02 Å². The molecule has 1 aromatic rings. The summed E-state index contributed by atoms with van der Waals surface area (Å²) in [7, 11) is 1.30. The van der Waals surface area contributed by atoms with Crippen LogP contribution in [0, 0.1) is 0 Å². The molecule has 0 atom stereocenters. The third kappa shape index (κ3) is 4.37. The number of allylic oxidation sites excluding steroid dienone is 2. The molecule has 96 valence electrons. The molecular formula is C13H11Cl3O2. The number of hydrogen-bond acceptors (Lipinski definition) is 2. The van der Waals surface area contributed by atoms with E-state index >= 15 is 0 Å². The maximum atomic E-state index is 11.3. The van der Waals surface area contributed by atoms with E-state index < -0.39 is 5.97 Å². The van der Waals surface area contributed by atoms with Gasteiger partial charge in [0.1, 0.15) is 0 Å². The highest BCUT2D eigenvalue weighted by Crippen LogP contribution is 2.21. The fourth-order valence-corrected chi connectivity index (χ4v) is 1.69. The largest absolute Gasteiger partial charge is 0.466 e. The molecule has 0 unspecified atom stereocenters. The number of carbonyl (C=O) groups excluding carboxylic acids is 1. The molecule has 0 heterocycles. The molecule has 5 heteroatoms. The van der Waals surface area contributed by atoms with Crippen LogP contribution >= 0.6 is 34.8 Å². The molecular weight excluding hydrogens is 294 g/mol. The Labute approximate surface area is 121 Å². The van der Waals surface area contributed by atoms with Gasteiger partial charge in [0.15, 0.2) is 0 Å². The lowest BCUT2D eigenvalue weighted by Crippen LogP contribution is -2.05. The van der Waals surface area contributed by atoms with Crippen molar-refractivity contribution in [1.29, 1.82) is 0 Å². The summed E-state index contributed by atoms with van der Waals surface area (Å²) in [6.07, 6.45) is 3.13. The van der Waals surface area contributed by atoms with Crippen molar-refractivity contribution in [2.75, 3.05) is 13.0 Å². The Morgan fingerprint density at radius 2 is 1.89 bits per heavy atom. The minimum absolute atomic E-state index is 0.0635. The van der Waals surface area contributed by atoms with E-state index in [9.17, 15) is 4.79 Å². The van der Waals surface area contributed by atoms with Gasteiger partial charge in [0.2, 0.25) is 0 Å². The summed E-state index contributed by atoms with van der Waals surface area (Å²) in [5.41, 5.74) is 1.14. The summed E-state index contributed by atoms with van der Waals surface area (Å²) >= 11 is 17.5. The van der Waals surface area contributed by atoms with E-state index in [1.54, 1.807) is 30.3 Å². The van der Waals surface area contributed by atoms with Crippen LogP contribution in [0.15, 0.2) is 42.0 Å². The van der Waals surface area contributed by atoms with E-state index in [1.165, 1.54) is 13.2 Å². The number of hydrogen-bond donors (Lipinski definition) is 0. The molecule has 0 saturated heterocycles. The Balaban J connectivity index is 2.92. The van der Waals surface area contributed by atoms with Gasteiger partial charge >= 0.3 is 5.97 Å². The number of benzene rings is 1. The number of alkyl halides is 1. The lowest BCUT2D eigenvalue weighted by atomic mass is 10.2. The summed E-state index contributed by atoms with van der Waals surface area (Å²) in [6, 6.07) is 7.04. The van der Waals surface area contributed by atoms with Crippen molar-refractivity contribution >= 4 is 45.8 Å². The summed E-state index contributed by atoms with van der Waals surface area (Å²) in [5.74, 6) is -0.407. The minimum atomic E-state index is -0.471. The van der Waals surface area contributed by atoms with Gasteiger partial charge in [-0.1, -0.05) is 35.3 Å². The first-order chi connectivity index (χ1) is 8.58. The number of esters is 1. The summed E-state index contributed by atoms with van der Waals surface area (Å²) in [6.45, 7) is 0. The monoisotopic (exact) mass is 304 g/mol. The van der Waals surface area contributed by atoms with Crippen LogP contribution in [-0.2, 0) is 9.53 Å². The lowest BCUT2D eigenvalue weighted by Gasteiger charge is -2.00. The number of ether oxygens (including phenoxy) is 1. The van der Waals surface area contributed by atoms with Crippen molar-refractivity contribution in [1.82, 2.24) is 0 Å². The van der Waals surface area contributed by atoms with Crippen LogP contribution in [0.1, 0.15) is 5.56 Å². The first kappa shape index (κ1) is 15.1. The van der Waals surface area contributed by atoms with Gasteiger partial charge in [-0.2, -0.15) is 0 Å². The number of methoxy groups -OCH3 is 1. The molecule has 0 aliphatic rings. The van der Waals surface area contributed by atoms with Crippen molar-refractivity contribution in [3.8, 4) is 0 Å². The second kappa shape index (κ2) is 7.47. The zero-order chi connectivity index (χ0) is 13.5. The van der Waals surface area contributed by atoms with E-state index in [0.29, 0.717) is 15.6 Å². The van der Waals surface area contributed by atoms with Gasteiger partial charge in [-0.05, 0) is 29.8 Å². The predicted molar refractivity (Wildman–Crippen MR) is 76.1 cm³/mol. The van der Waals surface area contributed by atoms with Crippen molar-refractivity contribution in [3.05, 3.63) is 52.6 Å². The SMILES string of the molecule is COC(=O)C(=CC=C(Cl)c1ccc(Cl)cc1)CCl. The zero-order valence-electron chi connectivity index (χ0n) is 9.62. The van der Waals surface area contributed by atoms with Crippen LogP contribution < -0.4 is 0 Å². The van der Waals surface area contributed by atoms with Crippen LogP contribution in [0.4, 0.5) is 0 Å². The van der Waals surface area contributed by atoms with Crippen molar-refractivity contribution in [2.24, 2.45) is 0 Å². The molecule has 0 amide bonds. The third-order valence-electron chi connectivity index (χ3n) is 2.14. The molecule has 0 radical (unpaired) electrons. The predicted octanol–water partition coefficient (Wildman–Crippen LogP) is 4.26. The molecule has 1 aromatic carbocycles. The van der Waals surface area contributed by atoms with Gasteiger partial charge in [0.05, 0.1) is 18.6 Å². The maximum Gasteiger partial charge on any atom is 0.334 e. The number of carbonyl (C=O) groups is 1. The molecule has 0 aliphatic carbocycles. The van der Waals surface area contributed by atoms with Crippen LogP contribution in [0.25, 0.3) is 5.03 Å². The first-order valence-electron chi connectivity index (χ1n) is 5.05. The van der Waals surface area contributed by atoms with Gasteiger partial charge < -0.3 is 4.74 Å². The van der Waals surface area contributed by atoms with E-state index in [2.05, 4.69) is 4.74 Å². The van der Waals surface area contributed by atoms with Gasteiger partial charge in [-0.3, -0.25) is 0 Å². The Kier molecular flexibility index (Phi) is 6.27. The highest BCUT2D eigenvalue weighted by atomic mass is 35.5. The summed E-state index contributed by atoms with van der Waals surface area (Å²) in [4.78, 5) is 11.3. The fourth-order valence-electron chi connectivity index (χ4n) is 1.18. The maximum absolute atomic E-state index is 11.3. The lowest BCUT2D eigenvalue weighted by molar-refractivity contribution is -0.135. The minimum Gasteiger partial charge on any atom is -0.466 e. The number of halogens is 3. The first-order valence-corrected chi connectivity index (χ1v) is 6.34. The molecule has 0 aliphatic heterocycles. The molecule has 0 bridgehead atoms. The molecule has 0 saturated carbocycles. The number of rotatable bonds is 4. The smallest absolute Gasteiger partial charge is 0.334 e. The van der Waals surface area contributed by atoms with Gasteiger partial charge in [-0.25, -0.2) is 4.79 Å². The van der Waals surface area contributed by atoms with Crippen molar-refractivity contribution in [3.63, 3.8) is 0 Å². The van der Waals surface area contributed by atoms with Crippen LogP contribution in [0.5, 0.6) is 0 Å². The fraction of sp³-hybridized carbons (Fsp3) is 0.154. The van der Waals surface area contributed by atoms with Crippen molar-refractivity contribution < 1.29 is 9.53 Å². The second-order valence-corrected chi connectivity index (χ2v) is 4.45. The average Bonchev–Trinajstić information content (AvgIpc) is 2.39. The highest BCUT2D eigenvalue weighted by molar-refractivity contribution is 6.49. The standard InChI is InChI=1S/C13H11Cl3O2/c1-18-13(17)10(8-14)4-7-12(16)9-2-5-11(15)6-3-9/h2-7H,8H2,1H3. The molecule has 0 fully saturated rings. The third-order valence-corrected chi connectivity index (χ3v) is 3.03. The second-order valence-electron chi connectivity index (χ2n) is 3.34. The quantitative estimate of drug-likeness (QED) is 0.359. The van der Waals surface area contributed by atoms with E-state index in [-0.39, 0.29) is 5.88 Å². The van der Waals surface area contributed by atoms with E-state index in [4.69, 9.17) is 34.8 Å². The Morgan fingerprint density at radius 1 is 1.28 bits per heavy atom. The van der Waals surface area contributed by atoms with Gasteiger partial charge in [0, 0.05) is 10.1 Å². The summed E-state index contributed by atoms with van der Waals surface area (Å²) in [5, 5.41) is 1.12. The topological polar surface area (TPSA) is 26.3 Å². The van der Waals surface area contributed by atoms with Crippen LogP contribution in [0.3, 0.4) is 0 Å². The van der Waals surface area contributed by atoms with Crippen LogP contribution in [-0.4, -0.2) is 19.0 Å². The molecule has 0 aromatic heterocycles. The Hall–Kier alpha value is -0.960. The zero-order valence-corrected chi connectivity index (χ0v) is 11.9. The molecule has 1 rings (SSSR count). The molecule has 0 spiro atoms. The van der Waals surface area contributed by atoms with Crippen molar-refractivity contribution in [2.45, 2.75) is 0 Å². The van der Waals surface area contributed by atoms with Gasteiger partial charge in [0.25, 0.3) is 0 Å². The highest BCUT2D eigenvalue weighted by Gasteiger charge is 2.06. The average molecular weight is 306 g/mol. The Morgan fingerprint density at radius 3 is 2.39 bits per heavy atom. The van der Waals surface area contributed by atoms with E-state index in [1.807, 2.05) is 0 Å². The Bertz CT molecular complexity index is 476. The molecule has 18 heavy (non-hydrogen) atoms. The molecule has 0 N–H and O–H groups in total. The summed E-state index contributed by atoms with van der Waals surface area (Å²) < 4.78 is 4.58. The normalized spacial score (nSPS) is 12.4. The molecule has 2 nitrogen and oxygen atoms in total.